The molecule has 122 valence electrons. The maximum atomic E-state index is 13.9. The molecule has 2 atom stereocenters. The lowest BCUT2D eigenvalue weighted by molar-refractivity contribution is -0.149. The first kappa shape index (κ1) is 14.9. The van der Waals surface area contributed by atoms with Crippen LogP contribution in [0.3, 0.4) is 0 Å². The van der Waals surface area contributed by atoms with Gasteiger partial charge in [0.2, 0.25) is 5.72 Å². The van der Waals surface area contributed by atoms with Crippen molar-refractivity contribution in [2.24, 2.45) is 5.92 Å². The molecule has 2 heterocycles. The van der Waals surface area contributed by atoms with Crippen molar-refractivity contribution < 1.29 is 18.7 Å². The molecular formula is C19H16FNO3. The number of hydrogen-bond acceptors (Lipinski definition) is 3. The lowest BCUT2D eigenvalue weighted by atomic mass is 9.93. The minimum Gasteiger partial charge on any atom is -0.428 e. The predicted octanol–water partition coefficient (Wildman–Crippen LogP) is 3.06. The van der Waals surface area contributed by atoms with E-state index in [0.29, 0.717) is 16.7 Å². The molecule has 0 bridgehead atoms. The van der Waals surface area contributed by atoms with Crippen LogP contribution in [0, 0.1) is 11.7 Å². The second kappa shape index (κ2) is 4.90. The molecule has 2 aliphatic rings. The summed E-state index contributed by atoms with van der Waals surface area (Å²) >= 11 is 0. The summed E-state index contributed by atoms with van der Waals surface area (Å²) in [5, 5.41) is 0. The molecular weight excluding hydrogens is 309 g/mol. The lowest BCUT2D eigenvalue weighted by Gasteiger charge is -2.33. The Hall–Kier alpha value is -2.69. The number of hydrogen-bond donors (Lipinski definition) is 0. The highest BCUT2D eigenvalue weighted by Gasteiger charge is 2.63. The minimum absolute atomic E-state index is 0.119. The van der Waals surface area contributed by atoms with E-state index in [2.05, 4.69) is 0 Å². The van der Waals surface area contributed by atoms with E-state index in [1.54, 1.807) is 24.3 Å². The minimum atomic E-state index is -1.39. The van der Waals surface area contributed by atoms with Crippen LogP contribution >= 0.6 is 0 Å². The van der Waals surface area contributed by atoms with E-state index in [0.717, 1.165) is 0 Å². The lowest BCUT2D eigenvalue weighted by Crippen LogP contribution is -2.46. The molecule has 0 radical (unpaired) electrons. The molecule has 4 nitrogen and oxygen atoms in total. The van der Waals surface area contributed by atoms with Gasteiger partial charge in [-0.15, -0.1) is 0 Å². The Balaban J connectivity index is 2.04. The number of esters is 1. The van der Waals surface area contributed by atoms with E-state index in [9.17, 15) is 14.0 Å². The Morgan fingerprint density at radius 3 is 2.50 bits per heavy atom. The van der Waals surface area contributed by atoms with Gasteiger partial charge in [-0.25, -0.2) is 9.18 Å². The number of ether oxygens (including phenoxy) is 1. The second-order valence-corrected chi connectivity index (χ2v) is 6.49. The first-order chi connectivity index (χ1) is 11.5. The fraction of sp³-hybridized carbons (Fsp3) is 0.263. The topological polar surface area (TPSA) is 46.6 Å². The van der Waals surface area contributed by atoms with Gasteiger partial charge in [-0.2, -0.15) is 0 Å². The number of benzene rings is 2. The molecule has 1 fully saturated rings. The molecule has 1 saturated heterocycles. The quantitative estimate of drug-likeness (QED) is 0.797. The molecule has 24 heavy (non-hydrogen) atoms. The van der Waals surface area contributed by atoms with Crippen molar-refractivity contribution in [1.82, 2.24) is 4.90 Å². The van der Waals surface area contributed by atoms with Gasteiger partial charge in [-0.3, -0.25) is 9.69 Å². The fourth-order valence-corrected chi connectivity index (χ4v) is 3.71. The van der Waals surface area contributed by atoms with E-state index in [4.69, 9.17) is 4.74 Å². The van der Waals surface area contributed by atoms with Crippen molar-refractivity contribution in [1.29, 1.82) is 0 Å². The number of halogens is 1. The van der Waals surface area contributed by atoms with Gasteiger partial charge in [-0.1, -0.05) is 44.2 Å². The average molecular weight is 325 g/mol. The van der Waals surface area contributed by atoms with Crippen molar-refractivity contribution in [2.45, 2.75) is 25.6 Å². The zero-order chi connectivity index (χ0) is 17.1. The molecule has 0 aromatic heterocycles. The Morgan fingerprint density at radius 1 is 1.12 bits per heavy atom. The maximum absolute atomic E-state index is 13.9. The Labute approximate surface area is 138 Å². The number of carbonyl (C=O) groups is 2. The zero-order valence-electron chi connectivity index (χ0n) is 13.3. The summed E-state index contributed by atoms with van der Waals surface area (Å²) in [5.41, 5.74) is 0.00901. The molecule has 2 aromatic rings. The first-order valence-corrected chi connectivity index (χ1v) is 7.89. The summed E-state index contributed by atoms with van der Waals surface area (Å²) in [4.78, 5) is 27.0. The summed E-state index contributed by atoms with van der Waals surface area (Å²) < 4.78 is 19.7. The summed E-state index contributed by atoms with van der Waals surface area (Å²) in [6.45, 7) is 3.73. The molecule has 0 N–H and O–H groups in total. The number of carbonyl (C=O) groups excluding carboxylic acids is 2. The standard InChI is InChI=1S/C19H16FNO3/c1-11(2)16-18(23)24-19(12-6-4-3-5-7-12)15-10-13(20)8-9-14(15)17(22)21(16)19/h3-11,16H,1-2H3/t16-,19+/m0/s1. The van der Waals surface area contributed by atoms with Crippen molar-refractivity contribution in [3.63, 3.8) is 0 Å². The van der Waals surface area contributed by atoms with Crippen LogP contribution in [0.5, 0.6) is 0 Å². The second-order valence-electron chi connectivity index (χ2n) is 6.49. The first-order valence-electron chi connectivity index (χ1n) is 7.89. The molecule has 5 heteroatoms. The van der Waals surface area contributed by atoms with Gasteiger partial charge in [0, 0.05) is 16.7 Å². The van der Waals surface area contributed by atoms with E-state index in [1.165, 1.54) is 23.1 Å². The maximum Gasteiger partial charge on any atom is 0.331 e. The predicted molar refractivity (Wildman–Crippen MR) is 84.5 cm³/mol. The molecule has 0 aliphatic carbocycles. The Morgan fingerprint density at radius 2 is 1.83 bits per heavy atom. The molecule has 4 rings (SSSR count). The molecule has 2 aromatic carbocycles. The van der Waals surface area contributed by atoms with E-state index in [1.807, 2.05) is 19.9 Å². The average Bonchev–Trinajstić information content (AvgIpc) is 2.99. The van der Waals surface area contributed by atoms with Crippen molar-refractivity contribution in [3.8, 4) is 0 Å². The third kappa shape index (κ3) is 1.72. The highest BCUT2D eigenvalue weighted by Crippen LogP contribution is 2.51. The smallest absolute Gasteiger partial charge is 0.331 e. The van der Waals surface area contributed by atoms with Crippen LogP contribution in [0.15, 0.2) is 48.5 Å². The zero-order valence-corrected chi connectivity index (χ0v) is 13.3. The van der Waals surface area contributed by atoms with Gasteiger partial charge < -0.3 is 4.74 Å². The van der Waals surface area contributed by atoms with Crippen LogP contribution in [-0.4, -0.2) is 22.8 Å². The van der Waals surface area contributed by atoms with Gasteiger partial charge >= 0.3 is 5.97 Å². The van der Waals surface area contributed by atoms with Crippen molar-refractivity contribution in [3.05, 3.63) is 71.0 Å². The summed E-state index contributed by atoms with van der Waals surface area (Å²) in [6, 6.07) is 12.3. The molecule has 1 amide bonds. The number of fused-ring (bicyclic) bond motifs is 3. The van der Waals surface area contributed by atoms with Crippen molar-refractivity contribution in [2.75, 3.05) is 0 Å². The van der Waals surface area contributed by atoms with Crippen molar-refractivity contribution >= 4 is 11.9 Å². The number of amides is 1. The highest BCUT2D eigenvalue weighted by atomic mass is 19.1. The van der Waals surface area contributed by atoms with Gasteiger partial charge in [0.25, 0.3) is 5.91 Å². The molecule has 0 saturated carbocycles. The summed E-state index contributed by atoms with van der Waals surface area (Å²) in [7, 11) is 0. The largest absolute Gasteiger partial charge is 0.428 e. The SMILES string of the molecule is CC(C)[C@H]1C(=O)O[C@]2(c3ccccc3)c3cc(F)ccc3C(=O)N12. The van der Waals surface area contributed by atoms with Gasteiger partial charge in [-0.05, 0) is 24.1 Å². The van der Waals surface area contributed by atoms with Gasteiger partial charge in [0.15, 0.2) is 0 Å². The Bertz CT molecular complexity index is 849. The van der Waals surface area contributed by atoms with E-state index >= 15 is 0 Å². The Kier molecular flexibility index (Phi) is 3.04. The van der Waals surface area contributed by atoms with Gasteiger partial charge in [0.1, 0.15) is 11.9 Å². The number of rotatable bonds is 2. The van der Waals surface area contributed by atoms with Gasteiger partial charge in [0.05, 0.1) is 0 Å². The highest BCUT2D eigenvalue weighted by molar-refractivity contribution is 6.04. The van der Waals surface area contributed by atoms with Crippen LogP contribution in [-0.2, 0) is 15.3 Å². The van der Waals surface area contributed by atoms with Crippen LogP contribution < -0.4 is 0 Å². The third-order valence-corrected chi connectivity index (χ3v) is 4.70. The van der Waals surface area contributed by atoms with Crippen LogP contribution in [0.4, 0.5) is 4.39 Å². The van der Waals surface area contributed by atoms with Crippen LogP contribution in [0.2, 0.25) is 0 Å². The normalized spacial score (nSPS) is 25.0. The molecule has 2 aliphatic heterocycles. The number of nitrogens with zero attached hydrogens (tertiary/aromatic N) is 1. The van der Waals surface area contributed by atoms with Crippen LogP contribution in [0.25, 0.3) is 0 Å². The molecule has 0 spiro atoms. The summed E-state index contributed by atoms with van der Waals surface area (Å²) in [6.07, 6.45) is 0. The van der Waals surface area contributed by atoms with E-state index in [-0.39, 0.29) is 11.8 Å². The summed E-state index contributed by atoms with van der Waals surface area (Å²) in [5.74, 6) is -1.36. The monoisotopic (exact) mass is 325 g/mol. The third-order valence-electron chi connectivity index (χ3n) is 4.70. The fourth-order valence-electron chi connectivity index (χ4n) is 3.71. The van der Waals surface area contributed by atoms with E-state index < -0.39 is 23.6 Å². The molecule has 0 unspecified atom stereocenters. The van der Waals surface area contributed by atoms with Crippen LogP contribution in [0.1, 0.15) is 35.3 Å².